The van der Waals surface area contributed by atoms with Crippen LogP contribution in [0.1, 0.15) is 50.9 Å². The second kappa shape index (κ2) is 8.41. The molecule has 1 aliphatic rings. The van der Waals surface area contributed by atoms with E-state index in [4.69, 9.17) is 14.2 Å². The molecule has 7 nitrogen and oxygen atoms in total. The Bertz CT molecular complexity index is 691. The highest BCUT2D eigenvalue weighted by molar-refractivity contribution is 6.00. The molecule has 148 valence electrons. The molecular weight excluding hydrogens is 350 g/mol. The molecule has 1 aromatic rings. The number of rotatable bonds is 5. The number of carbonyl (C=O) groups is 3. The Morgan fingerprint density at radius 1 is 1.15 bits per heavy atom. The second-order valence-corrected chi connectivity index (χ2v) is 7.50. The minimum absolute atomic E-state index is 0.312. The Kier molecular flexibility index (Phi) is 6.46. The Morgan fingerprint density at radius 2 is 1.78 bits per heavy atom. The van der Waals surface area contributed by atoms with Crippen molar-refractivity contribution in [2.75, 3.05) is 13.7 Å². The monoisotopic (exact) mass is 377 g/mol. The summed E-state index contributed by atoms with van der Waals surface area (Å²) in [6.07, 6.45) is -0.329. The van der Waals surface area contributed by atoms with Crippen LogP contribution in [0.4, 0.5) is 4.79 Å². The zero-order chi connectivity index (χ0) is 20.2. The van der Waals surface area contributed by atoms with Gasteiger partial charge in [-0.3, -0.25) is 9.69 Å². The van der Waals surface area contributed by atoms with E-state index < -0.39 is 29.8 Å². The van der Waals surface area contributed by atoms with Crippen LogP contribution in [0.2, 0.25) is 0 Å². The standard InChI is InChI=1S/C20H27NO6/c1-13(17(22)14-8-10-15(25-5)11-9-14)26-18(23)16-7-6-12-21(16)19(24)27-20(2,3)4/h8-11,13,16H,6-7,12H2,1-5H3/t13-,16+/m0/s1. The summed E-state index contributed by atoms with van der Waals surface area (Å²) in [5.41, 5.74) is -0.224. The number of hydrogen-bond acceptors (Lipinski definition) is 6. The molecule has 0 bridgehead atoms. The molecule has 0 spiro atoms. The number of benzene rings is 1. The Balaban J connectivity index is 1.99. The number of esters is 1. The summed E-state index contributed by atoms with van der Waals surface area (Å²) in [5.74, 6) is -0.268. The number of amides is 1. The van der Waals surface area contributed by atoms with Gasteiger partial charge in [-0.25, -0.2) is 9.59 Å². The third kappa shape index (κ3) is 5.45. The minimum atomic E-state index is -0.952. The van der Waals surface area contributed by atoms with E-state index in [0.717, 1.165) is 0 Å². The van der Waals surface area contributed by atoms with Crippen molar-refractivity contribution in [3.8, 4) is 5.75 Å². The molecule has 1 amide bonds. The third-order valence-corrected chi connectivity index (χ3v) is 4.19. The average molecular weight is 377 g/mol. The van der Waals surface area contributed by atoms with Gasteiger partial charge < -0.3 is 14.2 Å². The van der Waals surface area contributed by atoms with Gasteiger partial charge in [-0.15, -0.1) is 0 Å². The highest BCUT2D eigenvalue weighted by atomic mass is 16.6. The number of methoxy groups -OCH3 is 1. The molecule has 7 heteroatoms. The van der Waals surface area contributed by atoms with Crippen LogP contribution in [0.5, 0.6) is 5.75 Å². The maximum absolute atomic E-state index is 12.5. The summed E-state index contributed by atoms with van der Waals surface area (Å²) < 4.78 is 15.8. The summed E-state index contributed by atoms with van der Waals surface area (Å²) in [7, 11) is 1.54. The molecule has 0 saturated carbocycles. The summed E-state index contributed by atoms with van der Waals surface area (Å²) in [4.78, 5) is 38.7. The number of Topliss-reactive ketones (excluding diaryl/α,β-unsaturated/α-hetero) is 1. The lowest BCUT2D eigenvalue weighted by Gasteiger charge is -2.28. The number of likely N-dealkylation sites (tertiary alicyclic amines) is 1. The summed E-state index contributed by atoms with van der Waals surface area (Å²) in [6, 6.07) is 5.85. The lowest BCUT2D eigenvalue weighted by atomic mass is 10.1. The van der Waals surface area contributed by atoms with Crippen molar-refractivity contribution < 1.29 is 28.6 Å². The van der Waals surface area contributed by atoms with Gasteiger partial charge >= 0.3 is 12.1 Å². The normalized spacial score (nSPS) is 18.0. The zero-order valence-electron chi connectivity index (χ0n) is 16.5. The zero-order valence-corrected chi connectivity index (χ0v) is 16.5. The molecule has 1 saturated heterocycles. The highest BCUT2D eigenvalue weighted by Crippen LogP contribution is 2.23. The van der Waals surface area contributed by atoms with Crippen LogP contribution in [-0.2, 0) is 14.3 Å². The van der Waals surface area contributed by atoms with E-state index in [1.165, 1.54) is 11.8 Å². The molecule has 2 atom stereocenters. The van der Waals surface area contributed by atoms with E-state index >= 15 is 0 Å². The Hall–Kier alpha value is -2.57. The predicted molar refractivity (Wildman–Crippen MR) is 98.8 cm³/mol. The molecule has 27 heavy (non-hydrogen) atoms. The van der Waals surface area contributed by atoms with E-state index in [2.05, 4.69) is 0 Å². The van der Waals surface area contributed by atoms with Gasteiger partial charge in [0.05, 0.1) is 7.11 Å². The average Bonchev–Trinajstić information content (AvgIpc) is 3.09. The fourth-order valence-electron chi connectivity index (χ4n) is 2.85. The van der Waals surface area contributed by atoms with Crippen LogP contribution in [0.3, 0.4) is 0 Å². The largest absolute Gasteiger partial charge is 0.497 e. The van der Waals surface area contributed by atoms with Crippen LogP contribution in [0, 0.1) is 0 Å². The lowest BCUT2D eigenvalue weighted by molar-refractivity contribution is -0.151. The van der Waals surface area contributed by atoms with Crippen molar-refractivity contribution in [1.82, 2.24) is 4.90 Å². The minimum Gasteiger partial charge on any atom is -0.497 e. The molecule has 2 rings (SSSR count). The molecule has 1 aromatic carbocycles. The number of ketones is 1. The first-order valence-corrected chi connectivity index (χ1v) is 9.01. The topological polar surface area (TPSA) is 82.1 Å². The number of hydrogen-bond donors (Lipinski definition) is 0. The predicted octanol–water partition coefficient (Wildman–Crippen LogP) is 3.21. The van der Waals surface area contributed by atoms with E-state index in [1.807, 2.05) is 0 Å². The molecule has 1 fully saturated rings. The van der Waals surface area contributed by atoms with Crippen molar-refractivity contribution >= 4 is 17.8 Å². The number of nitrogens with zero attached hydrogens (tertiary/aromatic N) is 1. The number of ether oxygens (including phenoxy) is 3. The smallest absolute Gasteiger partial charge is 0.411 e. The molecule has 0 aliphatic carbocycles. The van der Waals surface area contributed by atoms with E-state index in [9.17, 15) is 14.4 Å². The molecular formula is C20H27NO6. The lowest BCUT2D eigenvalue weighted by Crippen LogP contribution is -2.45. The van der Waals surface area contributed by atoms with Crippen LogP contribution < -0.4 is 4.74 Å². The maximum Gasteiger partial charge on any atom is 0.411 e. The van der Waals surface area contributed by atoms with Gasteiger partial charge in [0.25, 0.3) is 0 Å². The first-order valence-electron chi connectivity index (χ1n) is 9.01. The molecule has 1 heterocycles. The van der Waals surface area contributed by atoms with E-state index in [1.54, 1.807) is 52.1 Å². The van der Waals surface area contributed by atoms with Gasteiger partial charge in [0.2, 0.25) is 5.78 Å². The van der Waals surface area contributed by atoms with Crippen molar-refractivity contribution in [3.05, 3.63) is 29.8 Å². The van der Waals surface area contributed by atoms with Crippen LogP contribution in [0.25, 0.3) is 0 Å². The summed E-state index contributed by atoms with van der Waals surface area (Å²) in [5, 5.41) is 0. The second-order valence-electron chi connectivity index (χ2n) is 7.50. The van der Waals surface area contributed by atoms with Crippen LogP contribution in [0.15, 0.2) is 24.3 Å². The van der Waals surface area contributed by atoms with Crippen LogP contribution >= 0.6 is 0 Å². The molecule has 0 unspecified atom stereocenters. The van der Waals surface area contributed by atoms with Gasteiger partial charge in [0, 0.05) is 12.1 Å². The van der Waals surface area contributed by atoms with Gasteiger partial charge in [-0.2, -0.15) is 0 Å². The fraction of sp³-hybridized carbons (Fsp3) is 0.550. The first kappa shape index (κ1) is 20.7. The van der Waals surface area contributed by atoms with Gasteiger partial charge in [0.1, 0.15) is 17.4 Å². The SMILES string of the molecule is COc1ccc(C(=O)[C@H](C)OC(=O)[C@H]2CCCN2C(=O)OC(C)(C)C)cc1. The fourth-order valence-corrected chi connectivity index (χ4v) is 2.85. The highest BCUT2D eigenvalue weighted by Gasteiger charge is 2.38. The molecule has 0 aromatic heterocycles. The molecule has 0 N–H and O–H groups in total. The van der Waals surface area contributed by atoms with Gasteiger partial charge in [-0.05, 0) is 64.8 Å². The van der Waals surface area contributed by atoms with Crippen molar-refractivity contribution in [1.29, 1.82) is 0 Å². The van der Waals surface area contributed by atoms with E-state index in [0.29, 0.717) is 30.7 Å². The third-order valence-electron chi connectivity index (χ3n) is 4.19. The quantitative estimate of drug-likeness (QED) is 0.579. The summed E-state index contributed by atoms with van der Waals surface area (Å²) in [6.45, 7) is 7.25. The Morgan fingerprint density at radius 3 is 2.33 bits per heavy atom. The van der Waals surface area contributed by atoms with Crippen molar-refractivity contribution in [3.63, 3.8) is 0 Å². The van der Waals surface area contributed by atoms with Crippen LogP contribution in [-0.4, -0.2) is 54.1 Å². The number of carbonyl (C=O) groups excluding carboxylic acids is 3. The molecule has 1 aliphatic heterocycles. The van der Waals surface area contributed by atoms with Crippen molar-refractivity contribution in [2.45, 2.75) is 58.3 Å². The first-order chi connectivity index (χ1) is 12.6. The van der Waals surface area contributed by atoms with Crippen molar-refractivity contribution in [2.24, 2.45) is 0 Å². The van der Waals surface area contributed by atoms with Gasteiger partial charge in [-0.1, -0.05) is 0 Å². The summed E-state index contributed by atoms with van der Waals surface area (Å²) >= 11 is 0. The van der Waals surface area contributed by atoms with Gasteiger partial charge in [0.15, 0.2) is 6.10 Å². The van der Waals surface area contributed by atoms with E-state index in [-0.39, 0.29) is 5.78 Å². The Labute approximate surface area is 159 Å². The molecule has 0 radical (unpaired) electrons. The maximum atomic E-state index is 12.5.